The molecule has 0 aliphatic heterocycles. The van der Waals surface area contributed by atoms with Gasteiger partial charge in [0.05, 0.1) is 0 Å². The first kappa shape index (κ1) is 34.7. The summed E-state index contributed by atoms with van der Waals surface area (Å²) in [5.41, 5.74) is 4.23. The summed E-state index contributed by atoms with van der Waals surface area (Å²) in [7, 11) is 3.62. The molecular weight excluding hydrogens is 422 g/mol. The van der Waals surface area contributed by atoms with Crippen molar-refractivity contribution in [2.45, 2.75) is 72.1 Å². The van der Waals surface area contributed by atoms with Gasteiger partial charge in [0, 0.05) is 50.3 Å². The fourth-order valence-electron chi connectivity index (χ4n) is 2.72. The van der Waals surface area contributed by atoms with E-state index >= 15 is 0 Å². The van der Waals surface area contributed by atoms with Gasteiger partial charge in [0.25, 0.3) is 0 Å². The van der Waals surface area contributed by atoms with Gasteiger partial charge in [-0.3, -0.25) is 19.8 Å². The minimum Gasteiger partial charge on any atom is -0.384 e. The van der Waals surface area contributed by atoms with E-state index in [9.17, 15) is 19.2 Å². The van der Waals surface area contributed by atoms with E-state index in [2.05, 4.69) is 17.7 Å². The first-order chi connectivity index (χ1) is 15.5. The highest BCUT2D eigenvalue weighted by atomic mass is 16.2. The van der Waals surface area contributed by atoms with Gasteiger partial charge in [-0.2, -0.15) is 0 Å². The Hall–Kier alpha value is -2.87. The van der Waals surface area contributed by atoms with Gasteiger partial charge in [0.1, 0.15) is 13.1 Å². The maximum atomic E-state index is 11.0. The number of benzene rings is 1. The number of anilines is 1. The quantitative estimate of drug-likeness (QED) is 0.223. The van der Waals surface area contributed by atoms with E-state index in [-0.39, 0.29) is 13.3 Å². The first-order valence-electron chi connectivity index (χ1n) is 11.0. The molecule has 0 saturated carbocycles. The van der Waals surface area contributed by atoms with Gasteiger partial charge in [-0.1, -0.05) is 52.2 Å². The molecule has 0 aliphatic carbocycles. The van der Waals surface area contributed by atoms with Gasteiger partial charge in [-0.25, -0.2) is 5.01 Å². The molecule has 1 aromatic rings. The van der Waals surface area contributed by atoms with E-state index in [1.807, 2.05) is 20.9 Å². The lowest BCUT2D eigenvalue weighted by Gasteiger charge is -2.10. The number of hydrogen-bond acceptors (Lipinski definition) is 7. The Morgan fingerprint density at radius 1 is 0.970 bits per heavy atom. The second-order valence-electron chi connectivity index (χ2n) is 7.23. The zero-order valence-electron chi connectivity index (χ0n) is 19.7. The van der Waals surface area contributed by atoms with E-state index in [1.54, 1.807) is 23.2 Å². The topological polar surface area (TPSA) is 113 Å². The number of amides is 1. The van der Waals surface area contributed by atoms with Crippen molar-refractivity contribution < 1.29 is 24.0 Å². The van der Waals surface area contributed by atoms with Crippen molar-refractivity contribution in [3.05, 3.63) is 29.3 Å². The van der Waals surface area contributed by atoms with Crippen molar-refractivity contribution in [3.63, 3.8) is 0 Å². The number of rotatable bonds is 15. The monoisotopic (exact) mass is 465 g/mol. The molecule has 0 fully saturated rings. The van der Waals surface area contributed by atoms with Gasteiger partial charge in [-0.15, -0.1) is 0 Å². The van der Waals surface area contributed by atoms with Crippen molar-refractivity contribution in [3.8, 4) is 0 Å². The predicted octanol–water partition coefficient (Wildman–Crippen LogP) is 4.48. The van der Waals surface area contributed by atoms with E-state index < -0.39 is 0 Å². The maximum absolute atomic E-state index is 11.0. The Kier molecular flexibility index (Phi) is 26.7. The number of aldehydes is 3. The molecule has 0 saturated heterocycles. The molecule has 0 unspecified atom stereocenters. The molecule has 0 atom stereocenters. The van der Waals surface area contributed by atoms with Crippen LogP contribution in [0.2, 0.25) is 0 Å². The van der Waals surface area contributed by atoms with Crippen LogP contribution in [0.15, 0.2) is 18.2 Å². The van der Waals surface area contributed by atoms with Crippen LogP contribution < -0.4 is 10.7 Å². The Labute approximate surface area is 199 Å². The molecule has 0 heterocycles. The van der Waals surface area contributed by atoms with Crippen LogP contribution in [0, 0.1) is 0 Å². The first-order valence-corrected chi connectivity index (χ1v) is 11.0. The van der Waals surface area contributed by atoms with Crippen LogP contribution >= 0.6 is 0 Å². The number of nitrogens with one attached hydrogen (secondary N) is 2. The fraction of sp³-hybridized carbons (Fsp3) is 0.560. The van der Waals surface area contributed by atoms with Crippen LogP contribution in [-0.2, 0) is 14.4 Å². The molecule has 8 heteroatoms. The lowest BCUT2D eigenvalue weighted by Crippen LogP contribution is -2.35. The molecule has 1 aromatic carbocycles. The predicted molar refractivity (Wildman–Crippen MR) is 135 cm³/mol. The van der Waals surface area contributed by atoms with Gasteiger partial charge >= 0.3 is 0 Å². The molecule has 0 aliphatic rings. The molecule has 1 amide bonds. The molecule has 0 spiro atoms. The number of hydrogen-bond donors (Lipinski definition) is 2. The van der Waals surface area contributed by atoms with Gasteiger partial charge in [0.2, 0.25) is 5.91 Å². The number of carbonyl (C=O) groups is 5. The summed E-state index contributed by atoms with van der Waals surface area (Å²) < 4.78 is 0. The number of carbonyl (C=O) groups excluding carboxylic acids is 5. The Morgan fingerprint density at radius 2 is 1.61 bits per heavy atom. The number of unbranched alkanes of at least 4 members (excludes halogenated alkanes) is 6. The second-order valence-corrected chi connectivity index (χ2v) is 7.23. The standard InChI is InChI=1S/C16H21NO3.C7H16N2O.CH2O.CH4/c18-11-6-4-2-1-3-5-10-17-16-9-7-8-14(12-19)15(16)13-20;1-4-5-6-7(10)8-9(2)3;1-2;/h7-9,11-13,17H,1-6,10H2;4-6H2,1-3H3,(H,8,10);1H2;1H4. The average Bonchev–Trinajstić information content (AvgIpc) is 2.80. The number of nitrogens with zero attached hydrogens (tertiary/aromatic N) is 1. The third kappa shape index (κ3) is 19.5. The highest BCUT2D eigenvalue weighted by Gasteiger charge is 2.06. The summed E-state index contributed by atoms with van der Waals surface area (Å²) in [4.78, 5) is 50.8. The van der Waals surface area contributed by atoms with Crippen LogP contribution in [0.1, 0.15) is 92.9 Å². The molecule has 33 heavy (non-hydrogen) atoms. The Morgan fingerprint density at radius 3 is 2.15 bits per heavy atom. The van der Waals surface area contributed by atoms with Crippen LogP contribution in [0.4, 0.5) is 5.69 Å². The van der Waals surface area contributed by atoms with Crippen molar-refractivity contribution in [2.75, 3.05) is 26.0 Å². The Balaban J connectivity index is -0.000000589. The summed E-state index contributed by atoms with van der Waals surface area (Å²) in [6.07, 6.45) is 11.0. The summed E-state index contributed by atoms with van der Waals surface area (Å²) in [5, 5.41) is 4.86. The molecule has 0 aromatic heterocycles. The molecule has 0 radical (unpaired) electrons. The summed E-state index contributed by atoms with van der Waals surface area (Å²) >= 11 is 0. The summed E-state index contributed by atoms with van der Waals surface area (Å²) in [5.74, 6) is 0.104. The average molecular weight is 466 g/mol. The second kappa shape index (κ2) is 25.4. The van der Waals surface area contributed by atoms with Crippen molar-refractivity contribution >= 4 is 37.2 Å². The molecule has 8 nitrogen and oxygen atoms in total. The minimum absolute atomic E-state index is 0. The molecule has 1 rings (SSSR count). The van der Waals surface area contributed by atoms with Crippen LogP contribution in [0.25, 0.3) is 0 Å². The van der Waals surface area contributed by atoms with E-state index in [1.165, 1.54) is 0 Å². The lowest BCUT2D eigenvalue weighted by molar-refractivity contribution is -0.124. The summed E-state index contributed by atoms with van der Waals surface area (Å²) in [6.45, 7) is 4.85. The zero-order valence-corrected chi connectivity index (χ0v) is 19.7. The fourth-order valence-corrected chi connectivity index (χ4v) is 2.72. The SMILES string of the molecule is C.C=O.CCCCC(=O)NN(C)C.O=CCCCCCCCNc1cccc(C=O)c1C=O. The molecule has 2 N–H and O–H groups in total. The van der Waals surface area contributed by atoms with Gasteiger partial charge in [-0.05, 0) is 25.3 Å². The molecular formula is C25H43N3O5. The highest BCUT2D eigenvalue weighted by molar-refractivity contribution is 5.95. The normalized spacial score (nSPS) is 9.21. The molecule has 0 bridgehead atoms. The van der Waals surface area contributed by atoms with Crippen molar-refractivity contribution in [1.82, 2.24) is 10.4 Å². The largest absolute Gasteiger partial charge is 0.384 e. The van der Waals surface area contributed by atoms with E-state index in [4.69, 9.17) is 4.79 Å². The van der Waals surface area contributed by atoms with E-state index in [0.717, 1.165) is 57.8 Å². The number of hydrazine groups is 1. The smallest absolute Gasteiger partial charge is 0.234 e. The third-order valence-electron chi connectivity index (χ3n) is 4.30. The van der Waals surface area contributed by atoms with Crippen LogP contribution in [-0.4, -0.2) is 57.2 Å². The van der Waals surface area contributed by atoms with Crippen molar-refractivity contribution in [1.29, 1.82) is 0 Å². The van der Waals surface area contributed by atoms with Gasteiger partial charge < -0.3 is 14.9 Å². The van der Waals surface area contributed by atoms with E-state index in [0.29, 0.717) is 42.2 Å². The third-order valence-corrected chi connectivity index (χ3v) is 4.30. The van der Waals surface area contributed by atoms with Crippen molar-refractivity contribution in [2.24, 2.45) is 0 Å². The minimum atomic E-state index is 0. The van der Waals surface area contributed by atoms with Crippen LogP contribution in [0.3, 0.4) is 0 Å². The van der Waals surface area contributed by atoms with Gasteiger partial charge in [0.15, 0.2) is 12.6 Å². The molecule has 188 valence electrons. The zero-order chi connectivity index (χ0) is 24.6. The lowest BCUT2D eigenvalue weighted by atomic mass is 10.1. The Bertz CT molecular complexity index is 651. The van der Waals surface area contributed by atoms with Crippen LogP contribution in [0.5, 0.6) is 0 Å². The summed E-state index contributed by atoms with van der Waals surface area (Å²) in [6, 6.07) is 5.20. The maximum Gasteiger partial charge on any atom is 0.234 e. The highest BCUT2D eigenvalue weighted by Crippen LogP contribution is 2.17.